The van der Waals surface area contributed by atoms with E-state index < -0.39 is 10.9 Å². The molecule has 0 fully saturated rings. The first kappa shape index (κ1) is 15.4. The number of nitrogens with zero attached hydrogens (tertiary/aromatic N) is 2. The number of ether oxygens (including phenoxy) is 2. The number of benzene rings is 2. The fourth-order valence-corrected chi connectivity index (χ4v) is 2.12. The van der Waals surface area contributed by atoms with Crippen molar-refractivity contribution in [3.8, 4) is 5.75 Å². The lowest BCUT2D eigenvalue weighted by Gasteiger charge is -1.99. The predicted molar refractivity (Wildman–Crippen MR) is 86.7 cm³/mol. The highest BCUT2D eigenvalue weighted by molar-refractivity contribution is 6.12. The maximum Gasteiger partial charge on any atom is 0.363 e. The molecule has 0 unspecified atom stereocenters. The van der Waals surface area contributed by atoms with Gasteiger partial charge in [-0.1, -0.05) is 12.1 Å². The van der Waals surface area contributed by atoms with Gasteiger partial charge in [-0.3, -0.25) is 10.1 Å². The summed E-state index contributed by atoms with van der Waals surface area (Å²) in [6.45, 7) is 0. The molecule has 7 nitrogen and oxygen atoms in total. The SMILES string of the molecule is COc1ccc(/C=C2/N=C(c3ccc([N+](=O)[O-])cc3)OC2=O)cc1. The number of non-ortho nitro benzene ring substituents is 1. The van der Waals surface area contributed by atoms with Crippen LogP contribution in [0, 0.1) is 10.1 Å². The Labute approximate surface area is 137 Å². The molecule has 0 N–H and O–H groups in total. The molecule has 0 saturated carbocycles. The molecule has 120 valence electrons. The largest absolute Gasteiger partial charge is 0.497 e. The van der Waals surface area contributed by atoms with Crippen molar-refractivity contribution in [3.05, 3.63) is 75.5 Å². The van der Waals surface area contributed by atoms with Gasteiger partial charge >= 0.3 is 5.97 Å². The number of esters is 1. The molecule has 0 radical (unpaired) electrons. The number of cyclic esters (lactones) is 1. The molecule has 2 aromatic carbocycles. The monoisotopic (exact) mass is 324 g/mol. The van der Waals surface area contributed by atoms with Crippen LogP contribution in [0.3, 0.4) is 0 Å². The van der Waals surface area contributed by atoms with E-state index in [-0.39, 0.29) is 17.3 Å². The highest BCUT2D eigenvalue weighted by Crippen LogP contribution is 2.21. The van der Waals surface area contributed by atoms with Gasteiger partial charge in [0.1, 0.15) is 5.75 Å². The molecule has 1 aliphatic heterocycles. The predicted octanol–water partition coefficient (Wildman–Crippen LogP) is 2.95. The molecule has 0 bridgehead atoms. The molecule has 0 aliphatic carbocycles. The Morgan fingerprint density at radius 1 is 1.12 bits per heavy atom. The quantitative estimate of drug-likeness (QED) is 0.373. The molecule has 0 atom stereocenters. The number of hydrogen-bond acceptors (Lipinski definition) is 6. The Balaban J connectivity index is 1.86. The van der Waals surface area contributed by atoms with E-state index in [4.69, 9.17) is 9.47 Å². The van der Waals surface area contributed by atoms with Crippen LogP contribution in [0.4, 0.5) is 5.69 Å². The number of hydrogen-bond donors (Lipinski definition) is 0. The van der Waals surface area contributed by atoms with Crippen molar-refractivity contribution >= 4 is 23.6 Å². The van der Waals surface area contributed by atoms with Gasteiger partial charge in [0.25, 0.3) is 5.69 Å². The van der Waals surface area contributed by atoms with E-state index in [9.17, 15) is 14.9 Å². The second kappa shape index (κ2) is 6.33. The van der Waals surface area contributed by atoms with Crippen molar-refractivity contribution in [2.45, 2.75) is 0 Å². The summed E-state index contributed by atoms with van der Waals surface area (Å²) >= 11 is 0. The van der Waals surface area contributed by atoms with E-state index in [2.05, 4.69) is 4.99 Å². The molecule has 1 aliphatic rings. The lowest BCUT2D eigenvalue weighted by molar-refractivity contribution is -0.384. The summed E-state index contributed by atoms with van der Waals surface area (Å²) in [7, 11) is 1.57. The van der Waals surface area contributed by atoms with E-state index in [0.29, 0.717) is 11.3 Å². The molecule has 0 amide bonds. The smallest absolute Gasteiger partial charge is 0.363 e. The van der Waals surface area contributed by atoms with Crippen LogP contribution in [0.1, 0.15) is 11.1 Å². The molecule has 1 heterocycles. The fraction of sp³-hybridized carbons (Fsp3) is 0.0588. The summed E-state index contributed by atoms with van der Waals surface area (Å²) < 4.78 is 10.2. The highest BCUT2D eigenvalue weighted by Gasteiger charge is 2.24. The third kappa shape index (κ3) is 3.14. The van der Waals surface area contributed by atoms with Crippen LogP contribution in [-0.2, 0) is 9.53 Å². The number of carbonyl (C=O) groups excluding carboxylic acids is 1. The maximum absolute atomic E-state index is 11.9. The average molecular weight is 324 g/mol. The average Bonchev–Trinajstić information content (AvgIpc) is 2.96. The molecule has 2 aromatic rings. The number of methoxy groups -OCH3 is 1. The Hall–Kier alpha value is -3.48. The van der Waals surface area contributed by atoms with Gasteiger partial charge < -0.3 is 9.47 Å². The number of nitro groups is 1. The van der Waals surface area contributed by atoms with Crippen LogP contribution in [-0.4, -0.2) is 23.9 Å². The first-order valence-electron chi connectivity index (χ1n) is 6.98. The first-order chi connectivity index (χ1) is 11.6. The lowest BCUT2D eigenvalue weighted by Crippen LogP contribution is -2.05. The van der Waals surface area contributed by atoms with Crippen LogP contribution in [0.25, 0.3) is 6.08 Å². The zero-order valence-electron chi connectivity index (χ0n) is 12.6. The molecule has 7 heteroatoms. The van der Waals surface area contributed by atoms with E-state index in [1.165, 1.54) is 24.3 Å². The Bertz CT molecular complexity index is 852. The zero-order chi connectivity index (χ0) is 17.1. The van der Waals surface area contributed by atoms with Crippen LogP contribution >= 0.6 is 0 Å². The molecule has 3 rings (SSSR count). The molecular formula is C17H12N2O5. The number of nitro benzene ring substituents is 1. The van der Waals surface area contributed by atoms with Crippen LogP contribution in [0.2, 0.25) is 0 Å². The normalized spacial score (nSPS) is 15.1. The van der Waals surface area contributed by atoms with Crippen LogP contribution in [0.5, 0.6) is 5.75 Å². The van der Waals surface area contributed by atoms with Crippen molar-refractivity contribution < 1.29 is 19.2 Å². The number of carbonyl (C=O) groups is 1. The second-order valence-corrected chi connectivity index (χ2v) is 4.91. The molecule has 0 aromatic heterocycles. The van der Waals surface area contributed by atoms with Gasteiger partial charge in [0.15, 0.2) is 5.70 Å². The summed E-state index contributed by atoms with van der Waals surface area (Å²) in [5, 5.41) is 10.7. The van der Waals surface area contributed by atoms with Crippen molar-refractivity contribution in [1.82, 2.24) is 0 Å². The summed E-state index contributed by atoms with van der Waals surface area (Å²) in [5.74, 6) is 0.259. The van der Waals surface area contributed by atoms with E-state index >= 15 is 0 Å². The highest BCUT2D eigenvalue weighted by atomic mass is 16.6. The van der Waals surface area contributed by atoms with E-state index in [1.54, 1.807) is 37.5 Å². The van der Waals surface area contributed by atoms with Crippen molar-refractivity contribution in [3.63, 3.8) is 0 Å². The van der Waals surface area contributed by atoms with Crippen molar-refractivity contribution in [1.29, 1.82) is 0 Å². The summed E-state index contributed by atoms with van der Waals surface area (Å²) in [5.41, 5.74) is 1.38. The van der Waals surface area contributed by atoms with Crippen molar-refractivity contribution in [2.75, 3.05) is 7.11 Å². The second-order valence-electron chi connectivity index (χ2n) is 4.91. The minimum Gasteiger partial charge on any atom is -0.497 e. The number of aliphatic imine (C=N–C) groups is 1. The summed E-state index contributed by atoms with van der Waals surface area (Å²) in [6, 6.07) is 12.8. The standard InChI is InChI=1S/C17H12N2O5/c1-23-14-8-2-11(3-9-14)10-15-17(20)24-16(18-15)12-4-6-13(7-5-12)19(21)22/h2-10H,1H3/b15-10+. The van der Waals surface area contributed by atoms with E-state index in [1.807, 2.05) is 0 Å². The van der Waals surface area contributed by atoms with Gasteiger partial charge in [-0.15, -0.1) is 0 Å². The van der Waals surface area contributed by atoms with Gasteiger partial charge in [-0.25, -0.2) is 9.79 Å². The first-order valence-corrected chi connectivity index (χ1v) is 6.98. The maximum atomic E-state index is 11.9. The summed E-state index contributed by atoms with van der Waals surface area (Å²) in [4.78, 5) is 26.2. The Morgan fingerprint density at radius 3 is 2.38 bits per heavy atom. The van der Waals surface area contributed by atoms with Gasteiger partial charge in [0.2, 0.25) is 5.90 Å². The van der Waals surface area contributed by atoms with Gasteiger partial charge in [-0.05, 0) is 35.9 Å². The third-order valence-electron chi connectivity index (χ3n) is 3.36. The van der Waals surface area contributed by atoms with Gasteiger partial charge in [0.05, 0.1) is 12.0 Å². The Morgan fingerprint density at radius 2 is 1.79 bits per heavy atom. The molecule has 0 spiro atoms. The fourth-order valence-electron chi connectivity index (χ4n) is 2.12. The topological polar surface area (TPSA) is 91.0 Å². The Kier molecular flexibility index (Phi) is 4.07. The zero-order valence-corrected chi connectivity index (χ0v) is 12.6. The van der Waals surface area contributed by atoms with E-state index in [0.717, 1.165) is 5.56 Å². The minimum atomic E-state index is -0.570. The molecule has 24 heavy (non-hydrogen) atoms. The van der Waals surface area contributed by atoms with Gasteiger partial charge in [0, 0.05) is 17.7 Å². The van der Waals surface area contributed by atoms with Gasteiger partial charge in [-0.2, -0.15) is 0 Å². The molecular weight excluding hydrogens is 312 g/mol. The third-order valence-corrected chi connectivity index (χ3v) is 3.36. The molecule has 0 saturated heterocycles. The number of rotatable bonds is 4. The lowest BCUT2D eigenvalue weighted by atomic mass is 10.2. The van der Waals surface area contributed by atoms with Crippen LogP contribution in [0.15, 0.2) is 59.2 Å². The van der Waals surface area contributed by atoms with Crippen molar-refractivity contribution in [2.24, 2.45) is 4.99 Å². The summed E-state index contributed by atoms with van der Waals surface area (Å²) in [6.07, 6.45) is 1.60. The van der Waals surface area contributed by atoms with Crippen LogP contribution < -0.4 is 4.74 Å². The minimum absolute atomic E-state index is 0.0438.